The van der Waals surface area contributed by atoms with Gasteiger partial charge >= 0.3 is 0 Å². The number of aromatic nitrogens is 2. The van der Waals surface area contributed by atoms with Gasteiger partial charge in [0.05, 0.1) is 11.9 Å². The zero-order valence-electron chi connectivity index (χ0n) is 12.0. The number of fused-ring (bicyclic) bond motifs is 1. The van der Waals surface area contributed by atoms with Crippen LogP contribution < -0.4 is 10.2 Å². The van der Waals surface area contributed by atoms with Crippen molar-refractivity contribution in [1.29, 1.82) is 0 Å². The van der Waals surface area contributed by atoms with Gasteiger partial charge in [-0.1, -0.05) is 17.7 Å². The summed E-state index contributed by atoms with van der Waals surface area (Å²) in [4.78, 5) is 9.61. The molecule has 3 rings (SSSR count). The number of anilines is 2. The van der Waals surface area contributed by atoms with Crippen LogP contribution in [0.4, 0.5) is 11.5 Å². The third-order valence-electron chi connectivity index (χ3n) is 3.42. The van der Waals surface area contributed by atoms with Gasteiger partial charge in [0, 0.05) is 42.8 Å². The molecule has 0 atom stereocenters. The molecule has 0 fully saturated rings. The molecule has 2 N–H and O–H groups in total. The van der Waals surface area contributed by atoms with E-state index in [9.17, 15) is 0 Å². The van der Waals surface area contributed by atoms with Crippen LogP contribution in [0.3, 0.4) is 0 Å². The number of rotatable bonds is 4. The second-order valence-corrected chi connectivity index (χ2v) is 5.59. The third kappa shape index (κ3) is 2.95. The van der Waals surface area contributed by atoms with Gasteiger partial charge < -0.3 is 15.2 Å². The number of nitrogens with one attached hydrogen (secondary N) is 2. The lowest BCUT2D eigenvalue weighted by Crippen LogP contribution is -2.10. The summed E-state index contributed by atoms with van der Waals surface area (Å²) in [7, 11) is 3.96. The Bertz CT molecular complexity index is 747. The Kier molecular flexibility index (Phi) is 3.71. The fourth-order valence-corrected chi connectivity index (χ4v) is 2.43. The van der Waals surface area contributed by atoms with Gasteiger partial charge in [-0.25, -0.2) is 4.98 Å². The van der Waals surface area contributed by atoms with E-state index >= 15 is 0 Å². The summed E-state index contributed by atoms with van der Waals surface area (Å²) in [5, 5.41) is 5.31. The number of benzene rings is 1. The molecule has 0 unspecified atom stereocenters. The van der Waals surface area contributed by atoms with E-state index in [1.165, 1.54) is 10.9 Å². The van der Waals surface area contributed by atoms with Gasteiger partial charge in [-0.05, 0) is 29.8 Å². The van der Waals surface area contributed by atoms with E-state index in [0.717, 1.165) is 28.6 Å². The number of H-pyrrole nitrogens is 1. The van der Waals surface area contributed by atoms with Gasteiger partial charge in [0.2, 0.25) is 0 Å². The van der Waals surface area contributed by atoms with Crippen LogP contribution in [0.5, 0.6) is 0 Å². The average molecular weight is 301 g/mol. The van der Waals surface area contributed by atoms with E-state index in [1.807, 2.05) is 61.7 Å². The predicted molar refractivity (Wildman–Crippen MR) is 89.2 cm³/mol. The summed E-state index contributed by atoms with van der Waals surface area (Å²) in [5.74, 6) is 0.947. The minimum Gasteiger partial charge on any atom is -0.380 e. The van der Waals surface area contributed by atoms with E-state index < -0.39 is 0 Å². The minimum absolute atomic E-state index is 0.741. The second-order valence-electron chi connectivity index (χ2n) is 5.16. The van der Waals surface area contributed by atoms with Gasteiger partial charge in [-0.15, -0.1) is 0 Å². The van der Waals surface area contributed by atoms with Crippen molar-refractivity contribution >= 4 is 34.0 Å². The highest BCUT2D eigenvalue weighted by molar-refractivity contribution is 6.31. The maximum absolute atomic E-state index is 5.99. The van der Waals surface area contributed by atoms with E-state index in [4.69, 9.17) is 11.6 Å². The van der Waals surface area contributed by atoms with Gasteiger partial charge in [0.1, 0.15) is 5.82 Å². The number of hydrogen-bond acceptors (Lipinski definition) is 3. The van der Waals surface area contributed by atoms with Crippen molar-refractivity contribution < 1.29 is 0 Å². The molecule has 0 bridgehead atoms. The highest BCUT2D eigenvalue weighted by Crippen LogP contribution is 2.23. The number of nitrogens with zero attached hydrogens (tertiary/aromatic N) is 2. The first-order valence-electron chi connectivity index (χ1n) is 6.76. The molecular formula is C16H17ClN4. The maximum atomic E-state index is 5.99. The number of aromatic amines is 1. The molecule has 0 saturated carbocycles. The van der Waals surface area contributed by atoms with Crippen LogP contribution in [0, 0.1) is 0 Å². The SMILES string of the molecule is CN(C)c1ccc(NCc2c[nH]c3cc(Cl)ccc23)cn1. The highest BCUT2D eigenvalue weighted by atomic mass is 35.5. The van der Waals surface area contributed by atoms with E-state index in [2.05, 4.69) is 15.3 Å². The standard InChI is InChI=1S/C16H17ClN4/c1-21(2)16-6-4-13(10-20-16)18-8-11-9-19-15-7-12(17)3-5-14(11)15/h3-7,9-10,18-19H,8H2,1-2H3. The third-order valence-corrected chi connectivity index (χ3v) is 3.65. The van der Waals surface area contributed by atoms with Crippen LogP contribution >= 0.6 is 11.6 Å². The molecule has 0 saturated heterocycles. The van der Waals surface area contributed by atoms with E-state index in [1.54, 1.807) is 0 Å². The average Bonchev–Trinajstić information content (AvgIpc) is 2.87. The molecule has 21 heavy (non-hydrogen) atoms. The van der Waals surface area contributed by atoms with Crippen molar-refractivity contribution in [3.8, 4) is 0 Å². The second kappa shape index (κ2) is 5.66. The Hall–Kier alpha value is -2.20. The fraction of sp³-hybridized carbons (Fsp3) is 0.188. The first-order chi connectivity index (χ1) is 10.1. The van der Waals surface area contributed by atoms with Crippen molar-refractivity contribution in [3.63, 3.8) is 0 Å². The van der Waals surface area contributed by atoms with Crippen molar-refractivity contribution in [1.82, 2.24) is 9.97 Å². The van der Waals surface area contributed by atoms with E-state index in [0.29, 0.717) is 0 Å². The van der Waals surface area contributed by atoms with Crippen molar-refractivity contribution in [2.75, 3.05) is 24.3 Å². The monoisotopic (exact) mass is 300 g/mol. The van der Waals surface area contributed by atoms with Crippen molar-refractivity contribution in [2.45, 2.75) is 6.54 Å². The van der Waals surface area contributed by atoms with Crippen LogP contribution in [0.2, 0.25) is 5.02 Å². The molecule has 5 heteroatoms. The summed E-state index contributed by atoms with van der Waals surface area (Å²) in [6.45, 7) is 0.741. The molecule has 3 aromatic rings. The lowest BCUT2D eigenvalue weighted by atomic mass is 10.2. The molecular weight excluding hydrogens is 284 g/mol. The summed E-state index contributed by atoms with van der Waals surface area (Å²) >= 11 is 5.99. The molecule has 0 aliphatic heterocycles. The Morgan fingerprint density at radius 3 is 2.81 bits per heavy atom. The van der Waals surface area contributed by atoms with Crippen LogP contribution in [0.25, 0.3) is 10.9 Å². The molecule has 0 radical (unpaired) electrons. The molecule has 2 heterocycles. The number of halogens is 1. The molecule has 0 spiro atoms. The Balaban J connectivity index is 1.74. The maximum Gasteiger partial charge on any atom is 0.128 e. The Morgan fingerprint density at radius 1 is 1.24 bits per heavy atom. The first kappa shape index (κ1) is 13.8. The molecule has 108 valence electrons. The Labute approximate surface area is 128 Å². The zero-order chi connectivity index (χ0) is 14.8. The van der Waals surface area contributed by atoms with Gasteiger partial charge in [-0.3, -0.25) is 0 Å². The lowest BCUT2D eigenvalue weighted by Gasteiger charge is -2.12. The van der Waals surface area contributed by atoms with Gasteiger partial charge in [-0.2, -0.15) is 0 Å². The van der Waals surface area contributed by atoms with Crippen molar-refractivity contribution in [3.05, 3.63) is 53.3 Å². The molecule has 0 aliphatic rings. The fourth-order valence-electron chi connectivity index (χ4n) is 2.26. The smallest absolute Gasteiger partial charge is 0.128 e. The van der Waals surface area contributed by atoms with E-state index in [-0.39, 0.29) is 0 Å². The molecule has 0 amide bonds. The van der Waals surface area contributed by atoms with Gasteiger partial charge in [0.25, 0.3) is 0 Å². The summed E-state index contributed by atoms with van der Waals surface area (Å²) in [6.07, 6.45) is 3.86. The normalized spacial score (nSPS) is 10.8. The predicted octanol–water partition coefficient (Wildman–Crippen LogP) is 3.89. The lowest BCUT2D eigenvalue weighted by molar-refractivity contribution is 1.06. The first-order valence-corrected chi connectivity index (χ1v) is 7.14. The molecule has 4 nitrogen and oxygen atoms in total. The Morgan fingerprint density at radius 2 is 2.10 bits per heavy atom. The molecule has 1 aromatic carbocycles. The highest BCUT2D eigenvalue weighted by Gasteiger charge is 2.04. The number of pyridine rings is 1. The van der Waals surface area contributed by atoms with Gasteiger partial charge in [0.15, 0.2) is 0 Å². The topological polar surface area (TPSA) is 44.0 Å². The molecule has 2 aromatic heterocycles. The summed E-state index contributed by atoms with van der Waals surface area (Å²) in [5.41, 5.74) is 3.27. The molecule has 0 aliphatic carbocycles. The minimum atomic E-state index is 0.741. The quantitative estimate of drug-likeness (QED) is 0.768. The number of hydrogen-bond donors (Lipinski definition) is 2. The summed E-state index contributed by atoms with van der Waals surface area (Å²) in [6, 6.07) is 9.92. The summed E-state index contributed by atoms with van der Waals surface area (Å²) < 4.78 is 0. The largest absolute Gasteiger partial charge is 0.380 e. The van der Waals surface area contributed by atoms with Crippen LogP contribution in [0.1, 0.15) is 5.56 Å². The van der Waals surface area contributed by atoms with Crippen LogP contribution in [0.15, 0.2) is 42.7 Å². The van der Waals surface area contributed by atoms with Crippen molar-refractivity contribution in [2.24, 2.45) is 0 Å². The zero-order valence-corrected chi connectivity index (χ0v) is 12.8. The van der Waals surface area contributed by atoms with Crippen LogP contribution in [-0.4, -0.2) is 24.1 Å². The van der Waals surface area contributed by atoms with Crippen LogP contribution in [-0.2, 0) is 6.54 Å².